The Hall–Kier alpha value is -2.84. The molecule has 0 aliphatic rings. The SMILES string of the molecule is CN=c1c([N+](=O)[O-])nn(-c2ccc(OC)cc2)n1O. The largest absolute Gasteiger partial charge is 0.497 e. The molecule has 9 nitrogen and oxygen atoms in total. The third-order valence-corrected chi connectivity index (χ3v) is 2.45. The van der Waals surface area contributed by atoms with Gasteiger partial charge < -0.3 is 20.1 Å². The second-order valence-corrected chi connectivity index (χ2v) is 3.50. The molecule has 19 heavy (non-hydrogen) atoms. The zero-order valence-corrected chi connectivity index (χ0v) is 10.2. The van der Waals surface area contributed by atoms with Crippen molar-refractivity contribution >= 4 is 5.82 Å². The fraction of sp³-hybridized carbons (Fsp3) is 0.200. The zero-order chi connectivity index (χ0) is 14.0. The first kappa shape index (κ1) is 12.6. The first-order valence-corrected chi connectivity index (χ1v) is 5.21. The lowest BCUT2D eigenvalue weighted by atomic mass is 10.3. The third-order valence-electron chi connectivity index (χ3n) is 2.45. The molecule has 1 aromatic carbocycles. The monoisotopic (exact) mass is 265 g/mol. The van der Waals surface area contributed by atoms with Crippen molar-refractivity contribution in [2.45, 2.75) is 0 Å². The second kappa shape index (κ2) is 4.80. The molecule has 0 spiro atoms. The minimum Gasteiger partial charge on any atom is -0.497 e. The predicted octanol–water partition coefficient (Wildman–Crippen LogP) is 0.358. The van der Waals surface area contributed by atoms with Crippen molar-refractivity contribution in [3.05, 3.63) is 39.9 Å². The number of hydrogen-bond acceptors (Lipinski definition) is 6. The molecule has 0 bridgehead atoms. The van der Waals surface area contributed by atoms with Gasteiger partial charge in [-0.05, 0) is 34.0 Å². The summed E-state index contributed by atoms with van der Waals surface area (Å²) < 4.78 is 5.00. The van der Waals surface area contributed by atoms with Gasteiger partial charge in [-0.25, -0.2) is 0 Å². The number of rotatable bonds is 3. The van der Waals surface area contributed by atoms with Crippen molar-refractivity contribution in [3.63, 3.8) is 0 Å². The summed E-state index contributed by atoms with van der Waals surface area (Å²) in [5.74, 6) is 0.0936. The number of nitro groups is 1. The van der Waals surface area contributed by atoms with Crippen LogP contribution in [0.25, 0.3) is 5.69 Å². The van der Waals surface area contributed by atoms with Gasteiger partial charge in [-0.1, -0.05) is 4.85 Å². The maximum atomic E-state index is 10.8. The average molecular weight is 265 g/mol. The Morgan fingerprint density at radius 3 is 2.47 bits per heavy atom. The Labute approximate surface area is 107 Å². The highest BCUT2D eigenvalue weighted by atomic mass is 16.6. The van der Waals surface area contributed by atoms with Crippen molar-refractivity contribution in [2.24, 2.45) is 4.99 Å². The lowest BCUT2D eigenvalue weighted by molar-refractivity contribution is -0.391. The molecule has 2 aromatic rings. The van der Waals surface area contributed by atoms with Crippen LogP contribution >= 0.6 is 0 Å². The number of aromatic nitrogens is 3. The summed E-state index contributed by atoms with van der Waals surface area (Å²) in [6, 6.07) is 6.49. The van der Waals surface area contributed by atoms with Crippen LogP contribution in [0, 0.1) is 10.1 Å². The van der Waals surface area contributed by atoms with E-state index in [0.717, 1.165) is 4.80 Å². The molecule has 0 aliphatic heterocycles. The third kappa shape index (κ3) is 2.12. The van der Waals surface area contributed by atoms with E-state index in [1.165, 1.54) is 14.2 Å². The fourth-order valence-corrected chi connectivity index (χ4v) is 1.55. The topological polar surface area (TPSA) is 108 Å². The van der Waals surface area contributed by atoms with Gasteiger partial charge in [0, 0.05) is 7.05 Å². The van der Waals surface area contributed by atoms with Crippen LogP contribution in [0.4, 0.5) is 5.82 Å². The van der Waals surface area contributed by atoms with Crippen LogP contribution < -0.4 is 10.2 Å². The molecule has 0 amide bonds. The molecule has 0 saturated heterocycles. The van der Waals surface area contributed by atoms with Crippen LogP contribution in [0.2, 0.25) is 0 Å². The van der Waals surface area contributed by atoms with E-state index in [1.807, 2.05) is 0 Å². The lowest BCUT2D eigenvalue weighted by Crippen LogP contribution is -2.22. The van der Waals surface area contributed by atoms with Crippen molar-refractivity contribution in [2.75, 3.05) is 14.2 Å². The van der Waals surface area contributed by atoms with Gasteiger partial charge >= 0.3 is 5.82 Å². The summed E-state index contributed by atoms with van der Waals surface area (Å²) in [5.41, 5.74) is 0.196. The van der Waals surface area contributed by atoms with Gasteiger partial charge in [-0.3, -0.25) is 4.99 Å². The van der Waals surface area contributed by atoms with Crippen LogP contribution in [-0.2, 0) is 0 Å². The maximum absolute atomic E-state index is 10.8. The average Bonchev–Trinajstić information content (AvgIpc) is 2.76. The summed E-state index contributed by atoms with van der Waals surface area (Å²) in [6.45, 7) is 0. The molecule has 100 valence electrons. The first-order chi connectivity index (χ1) is 9.08. The number of benzene rings is 1. The molecule has 0 atom stereocenters. The van der Waals surface area contributed by atoms with Gasteiger partial charge in [0.1, 0.15) is 11.4 Å². The highest BCUT2D eigenvalue weighted by Crippen LogP contribution is 2.14. The molecular weight excluding hydrogens is 254 g/mol. The van der Waals surface area contributed by atoms with E-state index in [4.69, 9.17) is 4.74 Å². The minimum atomic E-state index is -0.713. The molecule has 1 heterocycles. The molecule has 0 unspecified atom stereocenters. The van der Waals surface area contributed by atoms with E-state index in [-0.39, 0.29) is 5.49 Å². The summed E-state index contributed by atoms with van der Waals surface area (Å²) in [7, 11) is 2.85. The summed E-state index contributed by atoms with van der Waals surface area (Å²) in [5, 5.41) is 24.3. The Bertz CT molecular complexity index is 670. The number of nitrogens with zero attached hydrogens (tertiary/aromatic N) is 5. The molecule has 1 N–H and O–H groups in total. The van der Waals surface area contributed by atoms with E-state index in [1.54, 1.807) is 24.3 Å². The van der Waals surface area contributed by atoms with Crippen molar-refractivity contribution < 1.29 is 14.9 Å². The molecular formula is C10H11N5O4. The van der Waals surface area contributed by atoms with Gasteiger partial charge in [-0.2, -0.15) is 0 Å². The predicted molar refractivity (Wildman–Crippen MR) is 63.4 cm³/mol. The summed E-state index contributed by atoms with van der Waals surface area (Å²) in [4.78, 5) is 15.2. The second-order valence-electron chi connectivity index (χ2n) is 3.50. The van der Waals surface area contributed by atoms with Crippen LogP contribution in [0.15, 0.2) is 29.3 Å². The highest BCUT2D eigenvalue weighted by molar-refractivity contribution is 5.36. The quantitative estimate of drug-likeness (QED) is 0.489. The minimum absolute atomic E-state index is 0.235. The molecule has 9 heteroatoms. The van der Waals surface area contributed by atoms with E-state index in [2.05, 4.69) is 10.1 Å². The van der Waals surface area contributed by atoms with Crippen molar-refractivity contribution in [1.82, 2.24) is 14.7 Å². The van der Waals surface area contributed by atoms with Gasteiger partial charge in [0.25, 0.3) is 5.49 Å². The van der Waals surface area contributed by atoms with Crippen molar-refractivity contribution in [1.29, 1.82) is 0 Å². The molecule has 0 saturated carbocycles. The molecule has 1 aromatic heterocycles. The highest BCUT2D eigenvalue weighted by Gasteiger charge is 2.23. The number of hydrogen-bond donors (Lipinski definition) is 1. The lowest BCUT2D eigenvalue weighted by Gasteiger charge is -2.01. The van der Waals surface area contributed by atoms with Crippen molar-refractivity contribution in [3.8, 4) is 11.4 Å². The molecule has 0 aliphatic carbocycles. The standard InChI is InChI=1S/C10H11N5O4/c1-11-9-10(15(17)18)12-13(14(9)16)7-3-5-8(19-2)6-4-7/h3-6,16H,1-2H3. The molecule has 2 rings (SSSR count). The van der Waals surface area contributed by atoms with E-state index in [0.29, 0.717) is 16.3 Å². The van der Waals surface area contributed by atoms with Crippen LogP contribution in [0.1, 0.15) is 0 Å². The smallest absolute Gasteiger partial charge is 0.438 e. The first-order valence-electron chi connectivity index (χ1n) is 5.21. The maximum Gasteiger partial charge on any atom is 0.438 e. The molecule has 0 radical (unpaired) electrons. The number of methoxy groups -OCH3 is 1. The van der Waals surface area contributed by atoms with E-state index in [9.17, 15) is 15.3 Å². The number of ether oxygens (including phenoxy) is 1. The van der Waals surface area contributed by atoms with E-state index < -0.39 is 10.7 Å². The van der Waals surface area contributed by atoms with Crippen LogP contribution in [0.5, 0.6) is 5.75 Å². The fourth-order valence-electron chi connectivity index (χ4n) is 1.55. The van der Waals surface area contributed by atoms with Crippen LogP contribution in [0.3, 0.4) is 0 Å². The van der Waals surface area contributed by atoms with Gasteiger partial charge in [0.2, 0.25) is 0 Å². The normalized spacial score (nSPS) is 11.6. The van der Waals surface area contributed by atoms with Gasteiger partial charge in [0.05, 0.1) is 12.2 Å². The van der Waals surface area contributed by atoms with Gasteiger partial charge in [-0.15, -0.1) is 0 Å². The van der Waals surface area contributed by atoms with E-state index >= 15 is 0 Å². The Morgan fingerprint density at radius 1 is 1.42 bits per heavy atom. The molecule has 0 fully saturated rings. The Kier molecular flexibility index (Phi) is 3.19. The van der Waals surface area contributed by atoms with Gasteiger partial charge in [0.15, 0.2) is 0 Å². The summed E-state index contributed by atoms with van der Waals surface area (Å²) in [6.07, 6.45) is 0. The van der Waals surface area contributed by atoms with Crippen LogP contribution in [-0.4, -0.2) is 39.0 Å². The zero-order valence-electron chi connectivity index (χ0n) is 10.2. The Balaban J connectivity index is 2.59. The Morgan fingerprint density at radius 2 is 2.05 bits per heavy atom. The summed E-state index contributed by atoms with van der Waals surface area (Å²) >= 11 is 0.